The van der Waals surface area contributed by atoms with Gasteiger partial charge in [0.15, 0.2) is 11.5 Å². The molecule has 24 heavy (non-hydrogen) atoms. The fourth-order valence-corrected chi connectivity index (χ4v) is 3.46. The zero-order chi connectivity index (χ0) is 16.1. The molecule has 3 heteroatoms. The zero-order valence-corrected chi connectivity index (χ0v) is 13.3. The molecule has 0 bridgehead atoms. The molecule has 0 spiro atoms. The molecule has 0 unspecified atom stereocenters. The largest absolute Gasteiger partial charge is 0.282 e. The van der Waals surface area contributed by atoms with Gasteiger partial charge in [0.1, 0.15) is 0 Å². The van der Waals surface area contributed by atoms with Crippen LogP contribution in [-0.2, 0) is 0 Å². The summed E-state index contributed by atoms with van der Waals surface area (Å²) in [7, 11) is 0. The van der Waals surface area contributed by atoms with Crippen LogP contribution in [0.2, 0.25) is 0 Å². The third-order valence-corrected chi connectivity index (χ3v) is 4.68. The maximum absolute atomic E-state index is 4.51. The van der Waals surface area contributed by atoms with Crippen molar-refractivity contribution in [1.29, 1.82) is 0 Å². The summed E-state index contributed by atoms with van der Waals surface area (Å²) in [4.78, 5) is 0. The van der Waals surface area contributed by atoms with E-state index >= 15 is 0 Å². The van der Waals surface area contributed by atoms with Crippen molar-refractivity contribution >= 4 is 27.2 Å². The number of nitrogens with zero attached hydrogens (tertiary/aromatic N) is 3. The first kappa shape index (κ1) is 13.3. The molecule has 0 amide bonds. The second-order valence-electron chi connectivity index (χ2n) is 6.10. The molecule has 2 aromatic heterocycles. The Balaban J connectivity index is 1.88. The summed E-state index contributed by atoms with van der Waals surface area (Å²) in [6.07, 6.45) is 2.06. The highest BCUT2D eigenvalue weighted by Gasteiger charge is 2.13. The Morgan fingerprint density at radius 3 is 2.46 bits per heavy atom. The molecule has 5 aromatic rings. The summed E-state index contributed by atoms with van der Waals surface area (Å²) in [6.45, 7) is 2.14. The first-order valence-corrected chi connectivity index (χ1v) is 8.04. The Morgan fingerprint density at radius 2 is 1.50 bits per heavy atom. The minimum absolute atomic E-state index is 0.881. The van der Waals surface area contributed by atoms with Crippen LogP contribution in [0.15, 0.2) is 72.9 Å². The highest BCUT2D eigenvalue weighted by atomic mass is 15.2. The van der Waals surface area contributed by atoms with E-state index in [4.69, 9.17) is 0 Å². The molecule has 0 saturated carbocycles. The fraction of sp³-hybridized carbons (Fsp3) is 0.0476. The van der Waals surface area contributed by atoms with Crippen LogP contribution in [0.5, 0.6) is 0 Å². The number of hydrogen-bond donors (Lipinski definition) is 0. The van der Waals surface area contributed by atoms with Crippen molar-refractivity contribution in [3.63, 3.8) is 0 Å². The molecular formula is C21H15N3. The summed E-state index contributed by atoms with van der Waals surface area (Å²) in [5.41, 5.74) is 3.28. The van der Waals surface area contributed by atoms with Gasteiger partial charge in [0.25, 0.3) is 0 Å². The smallest absolute Gasteiger partial charge is 0.168 e. The Hall–Kier alpha value is -3.20. The van der Waals surface area contributed by atoms with Gasteiger partial charge in [-0.25, -0.2) is 0 Å². The minimum Gasteiger partial charge on any atom is -0.282 e. The van der Waals surface area contributed by atoms with Gasteiger partial charge in [-0.15, -0.1) is 10.2 Å². The fourth-order valence-electron chi connectivity index (χ4n) is 3.46. The predicted octanol–water partition coefficient (Wildman–Crippen LogP) is 5.01. The number of rotatable bonds is 1. The molecule has 3 nitrogen and oxygen atoms in total. The van der Waals surface area contributed by atoms with Gasteiger partial charge >= 0.3 is 0 Å². The lowest BCUT2D eigenvalue weighted by molar-refractivity contribution is 1.11. The van der Waals surface area contributed by atoms with Crippen LogP contribution < -0.4 is 0 Å². The Labute approximate surface area is 139 Å². The molecule has 0 aliphatic carbocycles. The third-order valence-electron chi connectivity index (χ3n) is 4.68. The van der Waals surface area contributed by atoms with Crippen LogP contribution in [0.4, 0.5) is 0 Å². The van der Waals surface area contributed by atoms with E-state index in [9.17, 15) is 0 Å². The monoisotopic (exact) mass is 309 g/mol. The number of fused-ring (bicyclic) bond motifs is 4. The van der Waals surface area contributed by atoms with Gasteiger partial charge in [0, 0.05) is 17.1 Å². The Morgan fingerprint density at radius 1 is 0.708 bits per heavy atom. The number of pyridine rings is 1. The number of benzene rings is 3. The lowest BCUT2D eigenvalue weighted by Gasteiger charge is -2.08. The number of aryl methyl sites for hydroxylation is 1. The van der Waals surface area contributed by atoms with Crippen molar-refractivity contribution in [3.05, 3.63) is 78.5 Å². The van der Waals surface area contributed by atoms with Gasteiger partial charge in [-0.05, 0) is 34.7 Å². The summed E-state index contributed by atoms with van der Waals surface area (Å²) < 4.78 is 2.08. The van der Waals surface area contributed by atoms with Crippen molar-refractivity contribution in [3.8, 4) is 11.4 Å². The molecule has 0 atom stereocenters. The average molecular weight is 309 g/mol. The highest BCUT2D eigenvalue weighted by molar-refractivity contribution is 5.99. The van der Waals surface area contributed by atoms with Gasteiger partial charge in [0.2, 0.25) is 0 Å². The molecule has 0 aliphatic heterocycles. The molecular weight excluding hydrogens is 294 g/mol. The molecule has 0 saturated heterocycles. The van der Waals surface area contributed by atoms with E-state index in [0.29, 0.717) is 0 Å². The quantitative estimate of drug-likeness (QED) is 0.435. The molecule has 5 rings (SSSR count). The molecule has 2 heterocycles. The van der Waals surface area contributed by atoms with E-state index < -0.39 is 0 Å². The topological polar surface area (TPSA) is 30.2 Å². The Kier molecular flexibility index (Phi) is 2.71. The molecule has 0 fully saturated rings. The molecule has 3 aromatic carbocycles. The lowest BCUT2D eigenvalue weighted by Crippen LogP contribution is -1.91. The van der Waals surface area contributed by atoms with Crippen LogP contribution in [0.1, 0.15) is 5.56 Å². The van der Waals surface area contributed by atoms with Crippen LogP contribution >= 0.6 is 0 Å². The van der Waals surface area contributed by atoms with Crippen LogP contribution in [0.25, 0.3) is 38.6 Å². The van der Waals surface area contributed by atoms with Gasteiger partial charge in [-0.3, -0.25) is 4.40 Å². The summed E-state index contributed by atoms with van der Waals surface area (Å²) in [5, 5.41) is 13.7. The lowest BCUT2D eigenvalue weighted by atomic mass is 10.0. The zero-order valence-electron chi connectivity index (χ0n) is 13.3. The van der Waals surface area contributed by atoms with Crippen molar-refractivity contribution in [2.45, 2.75) is 6.92 Å². The van der Waals surface area contributed by atoms with E-state index in [1.165, 1.54) is 21.7 Å². The SMILES string of the molecule is Cc1cccc2c(-c3nnc4c5ccccc5ccn34)cccc12. The first-order valence-electron chi connectivity index (χ1n) is 8.04. The second kappa shape index (κ2) is 4.90. The van der Waals surface area contributed by atoms with Gasteiger partial charge in [0.05, 0.1) is 0 Å². The van der Waals surface area contributed by atoms with Crippen molar-refractivity contribution in [2.24, 2.45) is 0 Å². The normalized spacial score (nSPS) is 11.5. The molecule has 0 aliphatic rings. The van der Waals surface area contributed by atoms with Crippen LogP contribution in [-0.4, -0.2) is 14.6 Å². The Bertz CT molecular complexity index is 1220. The number of aromatic nitrogens is 3. The van der Waals surface area contributed by atoms with Crippen molar-refractivity contribution in [2.75, 3.05) is 0 Å². The highest BCUT2D eigenvalue weighted by Crippen LogP contribution is 2.30. The van der Waals surface area contributed by atoms with E-state index in [2.05, 4.69) is 82.3 Å². The third kappa shape index (κ3) is 1.78. The summed E-state index contributed by atoms with van der Waals surface area (Å²) in [5.74, 6) is 0.881. The molecule has 114 valence electrons. The van der Waals surface area contributed by atoms with Gasteiger partial charge in [-0.2, -0.15) is 0 Å². The standard InChI is InChI=1S/C21H15N3/c1-14-6-4-10-18-16(14)9-5-11-19(18)21-23-22-20-17-8-3-2-7-15(17)12-13-24(20)21/h2-13H,1H3. The maximum Gasteiger partial charge on any atom is 0.168 e. The van der Waals surface area contributed by atoms with Crippen LogP contribution in [0, 0.1) is 6.92 Å². The van der Waals surface area contributed by atoms with E-state index in [1.54, 1.807) is 0 Å². The van der Waals surface area contributed by atoms with E-state index in [1.807, 2.05) is 12.1 Å². The van der Waals surface area contributed by atoms with Gasteiger partial charge < -0.3 is 0 Å². The minimum atomic E-state index is 0.881. The van der Waals surface area contributed by atoms with Crippen molar-refractivity contribution in [1.82, 2.24) is 14.6 Å². The van der Waals surface area contributed by atoms with Crippen molar-refractivity contribution < 1.29 is 0 Å². The maximum atomic E-state index is 4.51. The predicted molar refractivity (Wildman–Crippen MR) is 98.2 cm³/mol. The van der Waals surface area contributed by atoms with Gasteiger partial charge in [-0.1, -0.05) is 60.7 Å². The summed E-state index contributed by atoms with van der Waals surface area (Å²) >= 11 is 0. The van der Waals surface area contributed by atoms with E-state index in [-0.39, 0.29) is 0 Å². The molecule has 0 radical (unpaired) electrons. The summed E-state index contributed by atoms with van der Waals surface area (Å²) in [6, 6.07) is 23.2. The number of hydrogen-bond acceptors (Lipinski definition) is 2. The first-order chi connectivity index (χ1) is 11.8. The average Bonchev–Trinajstić information content (AvgIpc) is 3.06. The van der Waals surface area contributed by atoms with E-state index in [0.717, 1.165) is 22.4 Å². The second-order valence-corrected chi connectivity index (χ2v) is 6.10. The molecule has 0 N–H and O–H groups in total. The van der Waals surface area contributed by atoms with Crippen LogP contribution in [0.3, 0.4) is 0 Å².